The molecule has 1 aromatic carbocycles. The van der Waals surface area contributed by atoms with Crippen molar-refractivity contribution in [3.63, 3.8) is 0 Å². The Morgan fingerprint density at radius 2 is 1.57 bits per heavy atom. The molecule has 2 aromatic rings. The number of nitrogens with zero attached hydrogens (tertiary/aromatic N) is 1. The van der Waals surface area contributed by atoms with Gasteiger partial charge in [-0.05, 0) is 36.1 Å². The normalized spacial score (nSPS) is 11.0. The van der Waals surface area contributed by atoms with Crippen LogP contribution in [0.5, 0.6) is 0 Å². The average Bonchev–Trinajstić information content (AvgIpc) is 2.46. The molecule has 2 rings (SSSR count). The van der Waals surface area contributed by atoms with E-state index in [9.17, 15) is 9.59 Å². The Hall–Kier alpha value is -2.69. The van der Waals surface area contributed by atoms with Gasteiger partial charge in [0, 0.05) is 11.4 Å². The molecule has 0 fully saturated rings. The lowest BCUT2D eigenvalue weighted by molar-refractivity contribution is -0.133. The topological polar surface area (TPSA) is 71.1 Å². The average molecular weight is 311 g/mol. The highest BCUT2D eigenvalue weighted by atomic mass is 16.2. The van der Waals surface area contributed by atoms with Crippen LogP contribution in [0.25, 0.3) is 0 Å². The fourth-order valence-corrected chi connectivity index (χ4v) is 2.21. The third-order valence-corrected chi connectivity index (χ3v) is 3.32. The van der Waals surface area contributed by atoms with Crippen LogP contribution in [0.2, 0.25) is 0 Å². The Bertz CT molecular complexity index is 733. The summed E-state index contributed by atoms with van der Waals surface area (Å²) in [4.78, 5) is 28.3. The number of pyridine rings is 1. The monoisotopic (exact) mass is 311 g/mol. The molecule has 0 unspecified atom stereocenters. The van der Waals surface area contributed by atoms with E-state index in [1.807, 2.05) is 31.2 Å². The maximum absolute atomic E-state index is 12.1. The Labute approximate surface area is 136 Å². The van der Waals surface area contributed by atoms with Gasteiger partial charge in [-0.2, -0.15) is 0 Å². The van der Waals surface area contributed by atoms with Gasteiger partial charge in [-0.25, -0.2) is 4.98 Å². The molecule has 23 heavy (non-hydrogen) atoms. The molecule has 0 spiro atoms. The zero-order valence-electron chi connectivity index (χ0n) is 13.8. The number of hydrogen-bond donors (Lipinski definition) is 2. The molecule has 0 saturated heterocycles. The fraction of sp³-hybridized carbons (Fsp3) is 0.278. The molecule has 120 valence electrons. The molecule has 0 aliphatic rings. The lowest BCUT2D eigenvalue weighted by atomic mass is 9.86. The van der Waals surface area contributed by atoms with Gasteiger partial charge >= 0.3 is 11.8 Å². The maximum Gasteiger partial charge on any atom is 0.315 e. The van der Waals surface area contributed by atoms with E-state index >= 15 is 0 Å². The van der Waals surface area contributed by atoms with Gasteiger partial charge in [0.2, 0.25) is 0 Å². The summed E-state index contributed by atoms with van der Waals surface area (Å²) in [6.07, 6.45) is 0. The third-order valence-electron chi connectivity index (χ3n) is 3.32. The van der Waals surface area contributed by atoms with Crippen molar-refractivity contribution in [3.05, 3.63) is 53.7 Å². The SMILES string of the molecule is Cc1cccc(NC(=O)C(=O)Nc2ccccc2C(C)(C)C)n1. The number of nitrogens with one attached hydrogen (secondary N) is 2. The van der Waals surface area contributed by atoms with Crippen LogP contribution in [-0.2, 0) is 15.0 Å². The molecule has 0 atom stereocenters. The van der Waals surface area contributed by atoms with Gasteiger partial charge in [-0.15, -0.1) is 0 Å². The van der Waals surface area contributed by atoms with E-state index in [1.54, 1.807) is 18.2 Å². The lowest BCUT2D eigenvalue weighted by Crippen LogP contribution is -2.30. The van der Waals surface area contributed by atoms with Crippen molar-refractivity contribution >= 4 is 23.3 Å². The first kappa shape index (κ1) is 16.7. The van der Waals surface area contributed by atoms with E-state index < -0.39 is 11.8 Å². The van der Waals surface area contributed by atoms with E-state index in [1.165, 1.54) is 0 Å². The Kier molecular flexibility index (Phi) is 4.79. The number of carbonyl (C=O) groups is 2. The van der Waals surface area contributed by atoms with Crippen molar-refractivity contribution < 1.29 is 9.59 Å². The summed E-state index contributed by atoms with van der Waals surface area (Å²) < 4.78 is 0. The number of carbonyl (C=O) groups excluding carboxylic acids is 2. The molecule has 0 aliphatic carbocycles. The number of anilines is 2. The quantitative estimate of drug-likeness (QED) is 0.836. The number of rotatable bonds is 2. The highest BCUT2D eigenvalue weighted by molar-refractivity contribution is 6.43. The first-order valence-electron chi connectivity index (χ1n) is 7.43. The van der Waals surface area contributed by atoms with Gasteiger partial charge < -0.3 is 10.6 Å². The van der Waals surface area contributed by atoms with Gasteiger partial charge in [0.25, 0.3) is 0 Å². The van der Waals surface area contributed by atoms with Gasteiger partial charge in [-0.1, -0.05) is 45.0 Å². The largest absolute Gasteiger partial charge is 0.317 e. The molecule has 0 bridgehead atoms. The molecule has 1 aromatic heterocycles. The molecule has 2 amide bonds. The summed E-state index contributed by atoms with van der Waals surface area (Å²) >= 11 is 0. The molecule has 0 saturated carbocycles. The summed E-state index contributed by atoms with van der Waals surface area (Å²) in [5.74, 6) is -1.11. The smallest absolute Gasteiger partial charge is 0.315 e. The van der Waals surface area contributed by atoms with Gasteiger partial charge in [0.1, 0.15) is 5.82 Å². The summed E-state index contributed by atoms with van der Waals surface area (Å²) in [6.45, 7) is 7.97. The van der Waals surface area contributed by atoms with Crippen molar-refractivity contribution in [2.24, 2.45) is 0 Å². The van der Waals surface area contributed by atoms with Crippen molar-refractivity contribution in [1.82, 2.24) is 4.98 Å². The maximum atomic E-state index is 12.1. The standard InChI is InChI=1S/C18H21N3O2/c1-12-8-7-11-15(19-12)21-17(23)16(22)20-14-10-6-5-9-13(14)18(2,3)4/h5-11H,1-4H3,(H,20,22)(H,19,21,23). The van der Waals surface area contributed by atoms with Crippen LogP contribution in [0, 0.1) is 6.92 Å². The summed E-state index contributed by atoms with van der Waals surface area (Å²) in [7, 11) is 0. The van der Waals surface area contributed by atoms with Crippen LogP contribution < -0.4 is 10.6 Å². The first-order chi connectivity index (χ1) is 10.8. The van der Waals surface area contributed by atoms with Crippen LogP contribution >= 0.6 is 0 Å². The van der Waals surface area contributed by atoms with Crippen molar-refractivity contribution in [1.29, 1.82) is 0 Å². The summed E-state index contributed by atoms with van der Waals surface area (Å²) in [6, 6.07) is 12.7. The molecular weight excluding hydrogens is 290 g/mol. The number of benzene rings is 1. The van der Waals surface area contributed by atoms with Crippen molar-refractivity contribution in [2.75, 3.05) is 10.6 Å². The lowest BCUT2D eigenvalue weighted by Gasteiger charge is -2.22. The molecule has 1 heterocycles. The highest BCUT2D eigenvalue weighted by Gasteiger charge is 2.21. The van der Waals surface area contributed by atoms with E-state index in [-0.39, 0.29) is 5.41 Å². The molecule has 0 radical (unpaired) electrons. The highest BCUT2D eigenvalue weighted by Crippen LogP contribution is 2.29. The predicted octanol–water partition coefficient (Wildman–Crippen LogP) is 3.26. The molecule has 0 aliphatic heterocycles. The summed E-state index contributed by atoms with van der Waals surface area (Å²) in [5.41, 5.74) is 2.23. The van der Waals surface area contributed by atoms with Crippen molar-refractivity contribution in [3.8, 4) is 0 Å². The minimum Gasteiger partial charge on any atom is -0.317 e. The zero-order chi connectivity index (χ0) is 17.0. The Balaban J connectivity index is 2.12. The number of aryl methyl sites for hydroxylation is 1. The number of aromatic nitrogens is 1. The summed E-state index contributed by atoms with van der Waals surface area (Å²) in [5, 5.41) is 5.17. The minimum absolute atomic E-state index is 0.140. The van der Waals surface area contributed by atoms with Gasteiger partial charge in [0.15, 0.2) is 0 Å². The Morgan fingerprint density at radius 1 is 0.913 bits per heavy atom. The number of amides is 2. The number of hydrogen-bond acceptors (Lipinski definition) is 3. The van der Waals surface area contributed by atoms with Gasteiger partial charge in [0.05, 0.1) is 0 Å². The van der Waals surface area contributed by atoms with Gasteiger partial charge in [-0.3, -0.25) is 9.59 Å². The predicted molar refractivity (Wildman–Crippen MR) is 91.4 cm³/mol. The van der Waals surface area contributed by atoms with E-state index in [4.69, 9.17) is 0 Å². The second kappa shape index (κ2) is 6.60. The number of para-hydroxylation sites is 1. The molecule has 5 nitrogen and oxygen atoms in total. The van der Waals surface area contributed by atoms with Crippen LogP contribution in [-0.4, -0.2) is 16.8 Å². The second-order valence-electron chi connectivity index (χ2n) is 6.37. The van der Waals surface area contributed by atoms with Crippen LogP contribution in [0.15, 0.2) is 42.5 Å². The van der Waals surface area contributed by atoms with Crippen LogP contribution in [0.1, 0.15) is 32.0 Å². The first-order valence-corrected chi connectivity index (χ1v) is 7.43. The van der Waals surface area contributed by atoms with E-state index in [2.05, 4.69) is 36.4 Å². The van der Waals surface area contributed by atoms with E-state index in [0.29, 0.717) is 11.5 Å². The molecule has 2 N–H and O–H groups in total. The van der Waals surface area contributed by atoms with Crippen molar-refractivity contribution in [2.45, 2.75) is 33.1 Å². The molecular formula is C18H21N3O2. The van der Waals surface area contributed by atoms with E-state index in [0.717, 1.165) is 11.3 Å². The molecule has 5 heteroatoms. The third kappa shape index (κ3) is 4.39. The zero-order valence-corrected chi connectivity index (χ0v) is 13.8. The Morgan fingerprint density at radius 3 is 2.22 bits per heavy atom. The fourth-order valence-electron chi connectivity index (χ4n) is 2.21. The second-order valence-corrected chi connectivity index (χ2v) is 6.37. The van der Waals surface area contributed by atoms with Crippen LogP contribution in [0.3, 0.4) is 0 Å². The van der Waals surface area contributed by atoms with Crippen LogP contribution in [0.4, 0.5) is 11.5 Å². The minimum atomic E-state index is -0.744.